The number of halogens is 2. The van der Waals surface area contributed by atoms with Crippen molar-refractivity contribution >= 4 is 49.2 Å². The van der Waals surface area contributed by atoms with Gasteiger partial charge in [0.05, 0.1) is 25.6 Å². The number of carbonyl (C=O) groups is 1. The van der Waals surface area contributed by atoms with E-state index < -0.39 is 20.6 Å². The average molecular weight is 488 g/mol. The van der Waals surface area contributed by atoms with Crippen LogP contribution in [0.2, 0.25) is 0 Å². The number of nitro groups is 2. The Hall–Kier alpha value is -2.33. The zero-order valence-corrected chi connectivity index (χ0v) is 16.5. The number of hydrogen-bond acceptors (Lipinski definition) is 6. The van der Waals surface area contributed by atoms with Crippen molar-refractivity contribution in [3.05, 3.63) is 73.8 Å². The van der Waals surface area contributed by atoms with Crippen molar-refractivity contribution in [2.45, 2.75) is 16.6 Å². The monoisotopic (exact) mass is 486 g/mol. The number of benzene rings is 2. The lowest BCUT2D eigenvalue weighted by atomic mass is 10.0. The van der Waals surface area contributed by atoms with Gasteiger partial charge in [0.15, 0.2) is 0 Å². The van der Waals surface area contributed by atoms with E-state index in [0.29, 0.717) is 11.3 Å². The van der Waals surface area contributed by atoms with Crippen molar-refractivity contribution in [2.75, 3.05) is 0 Å². The highest BCUT2D eigenvalue weighted by atomic mass is 79.9. The molecule has 0 saturated heterocycles. The normalized spacial score (nSPS) is 12.9. The van der Waals surface area contributed by atoms with Crippen molar-refractivity contribution in [3.8, 4) is 5.75 Å². The molecule has 0 radical (unpaired) electrons. The number of esters is 1. The van der Waals surface area contributed by atoms with E-state index in [9.17, 15) is 25.0 Å². The molecular formula is C16H12Br2N2O6. The van der Waals surface area contributed by atoms with E-state index in [0.717, 1.165) is 11.6 Å². The molecule has 0 fully saturated rings. The van der Waals surface area contributed by atoms with E-state index in [2.05, 4.69) is 31.9 Å². The molecule has 0 saturated carbocycles. The molecule has 2 atom stereocenters. The second-order valence-electron chi connectivity index (χ2n) is 5.22. The molecule has 0 spiro atoms. The number of rotatable bonds is 6. The largest absolute Gasteiger partial charge is 0.427 e. The summed E-state index contributed by atoms with van der Waals surface area (Å²) in [5, 5.41) is 22.2. The van der Waals surface area contributed by atoms with Crippen LogP contribution in [0.3, 0.4) is 0 Å². The minimum absolute atomic E-state index is 0.298. The fraction of sp³-hybridized carbons (Fsp3) is 0.188. The molecule has 0 aromatic heterocycles. The summed E-state index contributed by atoms with van der Waals surface area (Å²) in [6.45, 7) is 1.30. The van der Waals surface area contributed by atoms with E-state index in [4.69, 9.17) is 4.74 Å². The topological polar surface area (TPSA) is 113 Å². The molecule has 10 heteroatoms. The zero-order chi connectivity index (χ0) is 19.4. The van der Waals surface area contributed by atoms with Crippen LogP contribution in [-0.2, 0) is 4.79 Å². The van der Waals surface area contributed by atoms with Crippen LogP contribution in [0.15, 0.2) is 42.5 Å². The van der Waals surface area contributed by atoms with Crippen LogP contribution in [-0.4, -0.2) is 15.8 Å². The lowest BCUT2D eigenvalue weighted by Crippen LogP contribution is -2.05. The fourth-order valence-electron chi connectivity index (χ4n) is 2.25. The van der Waals surface area contributed by atoms with Gasteiger partial charge in [-0.3, -0.25) is 25.0 Å². The van der Waals surface area contributed by atoms with Gasteiger partial charge in [0.25, 0.3) is 11.4 Å². The standard InChI is InChI=1S/C16H12Br2N2O6/c1-9(21)26-12-5-2-10(3-6-12)15(17)16(18)13-7-4-11(19(22)23)8-14(13)20(24)25/h2-8,15-16H,1H3. The van der Waals surface area contributed by atoms with Crippen LogP contribution in [0.25, 0.3) is 0 Å². The van der Waals surface area contributed by atoms with Crippen molar-refractivity contribution in [3.63, 3.8) is 0 Å². The Morgan fingerprint density at radius 3 is 2.12 bits per heavy atom. The molecule has 0 heterocycles. The number of alkyl halides is 2. The van der Waals surface area contributed by atoms with Gasteiger partial charge in [-0.25, -0.2) is 0 Å². The maximum Gasteiger partial charge on any atom is 0.308 e. The molecule has 0 bridgehead atoms. The quantitative estimate of drug-likeness (QED) is 0.186. The highest BCUT2D eigenvalue weighted by Crippen LogP contribution is 2.46. The summed E-state index contributed by atoms with van der Waals surface area (Å²) < 4.78 is 4.96. The number of ether oxygens (including phenoxy) is 1. The second kappa shape index (κ2) is 8.37. The SMILES string of the molecule is CC(=O)Oc1ccc(C(Br)C(Br)c2ccc([N+](=O)[O-])cc2[N+](=O)[O-])cc1. The Balaban J connectivity index is 2.32. The van der Waals surface area contributed by atoms with Gasteiger partial charge in [0.1, 0.15) is 5.75 Å². The summed E-state index contributed by atoms with van der Waals surface area (Å²) >= 11 is 6.90. The first kappa shape index (κ1) is 20.0. The summed E-state index contributed by atoms with van der Waals surface area (Å²) in [7, 11) is 0. The molecular weight excluding hydrogens is 476 g/mol. The van der Waals surface area contributed by atoms with Gasteiger partial charge < -0.3 is 4.74 Å². The summed E-state index contributed by atoms with van der Waals surface area (Å²) in [6, 6.07) is 10.2. The fourth-order valence-corrected chi connectivity index (χ4v) is 3.53. The summed E-state index contributed by atoms with van der Waals surface area (Å²) in [5.41, 5.74) is 0.376. The Labute approximate surface area is 164 Å². The molecule has 2 unspecified atom stereocenters. The van der Waals surface area contributed by atoms with E-state index >= 15 is 0 Å². The van der Waals surface area contributed by atoms with E-state index in [1.807, 2.05) is 0 Å². The smallest absolute Gasteiger partial charge is 0.308 e. The van der Waals surface area contributed by atoms with Crippen LogP contribution in [0.1, 0.15) is 27.7 Å². The predicted octanol–water partition coefficient (Wildman–Crippen LogP) is 5.00. The van der Waals surface area contributed by atoms with Gasteiger partial charge in [0.2, 0.25) is 0 Å². The summed E-state index contributed by atoms with van der Waals surface area (Å²) in [6.07, 6.45) is 0. The molecule has 0 amide bonds. The third kappa shape index (κ3) is 4.64. The van der Waals surface area contributed by atoms with Crippen LogP contribution < -0.4 is 4.74 Å². The number of non-ortho nitro benzene ring substituents is 1. The summed E-state index contributed by atoms with van der Waals surface area (Å²) in [5.74, 6) is -0.0543. The maximum absolute atomic E-state index is 11.3. The lowest BCUT2D eigenvalue weighted by Gasteiger charge is -2.18. The predicted molar refractivity (Wildman–Crippen MR) is 101 cm³/mol. The minimum Gasteiger partial charge on any atom is -0.427 e. The van der Waals surface area contributed by atoms with E-state index in [-0.39, 0.29) is 16.2 Å². The van der Waals surface area contributed by atoms with Crippen molar-refractivity contribution in [1.82, 2.24) is 0 Å². The Bertz CT molecular complexity index is 856. The van der Waals surface area contributed by atoms with Gasteiger partial charge in [-0.2, -0.15) is 0 Å². The molecule has 0 aliphatic heterocycles. The Kier molecular flexibility index (Phi) is 6.43. The first-order valence-corrected chi connectivity index (χ1v) is 9.03. The second-order valence-corrected chi connectivity index (χ2v) is 7.20. The Morgan fingerprint density at radius 2 is 1.62 bits per heavy atom. The number of carbonyl (C=O) groups excluding carboxylic acids is 1. The summed E-state index contributed by atoms with van der Waals surface area (Å²) in [4.78, 5) is 30.9. The number of hydrogen-bond donors (Lipinski definition) is 0. The first-order chi connectivity index (χ1) is 12.2. The van der Waals surface area contributed by atoms with Crippen molar-refractivity contribution in [1.29, 1.82) is 0 Å². The molecule has 0 aliphatic carbocycles. The lowest BCUT2D eigenvalue weighted by molar-refractivity contribution is -0.394. The van der Waals surface area contributed by atoms with Crippen molar-refractivity contribution in [2.24, 2.45) is 0 Å². The van der Waals surface area contributed by atoms with E-state index in [1.54, 1.807) is 24.3 Å². The molecule has 2 rings (SSSR count). The number of nitrogens with zero attached hydrogens (tertiary/aromatic N) is 2. The van der Waals surface area contributed by atoms with Crippen LogP contribution >= 0.6 is 31.9 Å². The van der Waals surface area contributed by atoms with E-state index in [1.165, 1.54) is 19.1 Å². The molecule has 26 heavy (non-hydrogen) atoms. The molecule has 8 nitrogen and oxygen atoms in total. The molecule has 136 valence electrons. The first-order valence-electron chi connectivity index (χ1n) is 7.20. The van der Waals surface area contributed by atoms with Crippen LogP contribution in [0.5, 0.6) is 5.75 Å². The van der Waals surface area contributed by atoms with Gasteiger partial charge in [0, 0.05) is 18.6 Å². The van der Waals surface area contributed by atoms with Gasteiger partial charge in [-0.15, -0.1) is 0 Å². The molecule has 0 N–H and O–H groups in total. The molecule has 0 aliphatic rings. The molecule has 2 aromatic carbocycles. The third-order valence-corrected chi connectivity index (χ3v) is 6.22. The van der Waals surface area contributed by atoms with Gasteiger partial charge in [-0.05, 0) is 23.8 Å². The van der Waals surface area contributed by atoms with Crippen LogP contribution in [0.4, 0.5) is 11.4 Å². The van der Waals surface area contributed by atoms with Gasteiger partial charge in [-0.1, -0.05) is 44.0 Å². The van der Waals surface area contributed by atoms with Crippen molar-refractivity contribution < 1.29 is 19.4 Å². The highest BCUT2D eigenvalue weighted by molar-refractivity contribution is 9.12. The highest BCUT2D eigenvalue weighted by Gasteiger charge is 2.29. The van der Waals surface area contributed by atoms with Crippen LogP contribution in [0, 0.1) is 20.2 Å². The maximum atomic E-state index is 11.3. The zero-order valence-electron chi connectivity index (χ0n) is 13.3. The van der Waals surface area contributed by atoms with Gasteiger partial charge >= 0.3 is 5.97 Å². The minimum atomic E-state index is -0.681. The average Bonchev–Trinajstić information content (AvgIpc) is 2.60. The third-order valence-electron chi connectivity index (χ3n) is 3.44. The Morgan fingerprint density at radius 1 is 1.00 bits per heavy atom. The number of nitro benzene ring substituents is 2. The molecule has 2 aromatic rings.